The first-order valence-electron chi connectivity index (χ1n) is 8.58. The van der Waals surface area contributed by atoms with Gasteiger partial charge < -0.3 is 10.1 Å². The Kier molecular flexibility index (Phi) is 6.00. The number of esters is 1. The van der Waals surface area contributed by atoms with Crippen LogP contribution in [0.15, 0.2) is 23.6 Å². The fourth-order valence-electron chi connectivity index (χ4n) is 3.07. The summed E-state index contributed by atoms with van der Waals surface area (Å²) in [4.78, 5) is 25.4. The van der Waals surface area contributed by atoms with E-state index >= 15 is 0 Å². The summed E-state index contributed by atoms with van der Waals surface area (Å²) in [5, 5.41) is 3.55. The van der Waals surface area contributed by atoms with Crippen molar-refractivity contribution in [2.75, 3.05) is 11.9 Å². The molecule has 0 fully saturated rings. The minimum Gasteiger partial charge on any atom is -0.452 e. The third-order valence-corrected chi connectivity index (χ3v) is 5.89. The third-order valence-electron chi connectivity index (χ3n) is 4.51. The Morgan fingerprint density at radius 3 is 2.82 bits per heavy atom. The number of alkyl halides is 3. The van der Waals surface area contributed by atoms with Crippen molar-refractivity contribution in [3.05, 3.63) is 50.2 Å². The Balaban J connectivity index is 1.60. The van der Waals surface area contributed by atoms with Crippen LogP contribution in [0, 0.1) is 5.92 Å². The molecule has 150 valence electrons. The predicted octanol–water partition coefficient (Wildman–Crippen LogP) is 5.34. The van der Waals surface area contributed by atoms with Gasteiger partial charge in [-0.1, -0.05) is 18.5 Å². The van der Waals surface area contributed by atoms with Gasteiger partial charge in [-0.3, -0.25) is 4.79 Å². The lowest BCUT2D eigenvalue weighted by atomic mass is 9.88. The molecule has 1 heterocycles. The number of amides is 1. The SMILES string of the molecule is C[C@@H]1CCc2c(C(=O)OCC(=O)Nc3ccc(Cl)c(C(F)(F)F)c3)csc2C1. The maximum Gasteiger partial charge on any atom is 0.417 e. The number of anilines is 1. The summed E-state index contributed by atoms with van der Waals surface area (Å²) in [7, 11) is 0. The summed E-state index contributed by atoms with van der Waals surface area (Å²) in [6, 6.07) is 3.02. The van der Waals surface area contributed by atoms with E-state index in [1.165, 1.54) is 17.4 Å². The lowest BCUT2D eigenvalue weighted by Crippen LogP contribution is -2.22. The number of carbonyl (C=O) groups excluding carboxylic acids is 2. The molecule has 9 heteroatoms. The van der Waals surface area contributed by atoms with E-state index in [-0.39, 0.29) is 5.69 Å². The van der Waals surface area contributed by atoms with Crippen LogP contribution in [0.25, 0.3) is 0 Å². The number of ether oxygens (including phenoxy) is 1. The number of carbonyl (C=O) groups is 2. The molecule has 4 nitrogen and oxygen atoms in total. The molecule has 1 N–H and O–H groups in total. The Morgan fingerprint density at radius 2 is 2.11 bits per heavy atom. The van der Waals surface area contributed by atoms with Crippen molar-refractivity contribution in [1.29, 1.82) is 0 Å². The van der Waals surface area contributed by atoms with Gasteiger partial charge in [-0.15, -0.1) is 11.3 Å². The molecule has 0 radical (unpaired) electrons. The molecule has 0 saturated carbocycles. The van der Waals surface area contributed by atoms with E-state index in [1.807, 2.05) is 0 Å². The van der Waals surface area contributed by atoms with Crippen molar-refractivity contribution in [2.45, 2.75) is 32.4 Å². The van der Waals surface area contributed by atoms with Crippen LogP contribution in [-0.2, 0) is 28.5 Å². The van der Waals surface area contributed by atoms with E-state index in [2.05, 4.69) is 12.2 Å². The van der Waals surface area contributed by atoms with Gasteiger partial charge in [0.2, 0.25) is 0 Å². The monoisotopic (exact) mass is 431 g/mol. The first kappa shape index (κ1) is 20.7. The first-order valence-corrected chi connectivity index (χ1v) is 9.84. The van der Waals surface area contributed by atoms with Crippen LogP contribution in [-0.4, -0.2) is 18.5 Å². The van der Waals surface area contributed by atoms with Gasteiger partial charge in [-0.25, -0.2) is 4.79 Å². The minimum absolute atomic E-state index is 0.0836. The van der Waals surface area contributed by atoms with Crippen LogP contribution < -0.4 is 5.32 Å². The van der Waals surface area contributed by atoms with E-state index in [4.69, 9.17) is 16.3 Å². The summed E-state index contributed by atoms with van der Waals surface area (Å²) in [6.07, 6.45) is -1.93. The zero-order valence-electron chi connectivity index (χ0n) is 14.9. The third kappa shape index (κ3) is 4.67. The van der Waals surface area contributed by atoms with E-state index in [9.17, 15) is 22.8 Å². The zero-order valence-corrected chi connectivity index (χ0v) is 16.4. The topological polar surface area (TPSA) is 55.4 Å². The molecule has 0 aliphatic heterocycles. The van der Waals surface area contributed by atoms with Crippen LogP contribution in [0.4, 0.5) is 18.9 Å². The molecule has 0 unspecified atom stereocenters. The molecule has 1 aliphatic carbocycles. The molecule has 1 aromatic heterocycles. The number of fused-ring (bicyclic) bond motifs is 1. The molecule has 1 atom stereocenters. The summed E-state index contributed by atoms with van der Waals surface area (Å²) < 4.78 is 43.7. The van der Waals surface area contributed by atoms with E-state index < -0.39 is 35.2 Å². The van der Waals surface area contributed by atoms with Gasteiger partial charge in [-0.2, -0.15) is 13.2 Å². The second-order valence-corrected chi connectivity index (χ2v) is 8.09. The average Bonchev–Trinajstić information content (AvgIpc) is 3.03. The van der Waals surface area contributed by atoms with Gasteiger partial charge in [0.15, 0.2) is 6.61 Å². The molecule has 3 rings (SSSR count). The molecule has 28 heavy (non-hydrogen) atoms. The number of benzene rings is 1. The van der Waals surface area contributed by atoms with Crippen molar-refractivity contribution >= 4 is 40.5 Å². The number of nitrogens with one attached hydrogen (secondary N) is 1. The summed E-state index contributed by atoms with van der Waals surface area (Å²) in [6.45, 7) is 1.57. The molecule has 0 saturated heterocycles. The summed E-state index contributed by atoms with van der Waals surface area (Å²) in [5.74, 6) is -0.766. The van der Waals surface area contributed by atoms with Crippen molar-refractivity contribution in [2.24, 2.45) is 5.92 Å². The normalized spacial score (nSPS) is 16.4. The van der Waals surface area contributed by atoms with Crippen LogP contribution in [0.2, 0.25) is 5.02 Å². The van der Waals surface area contributed by atoms with Gasteiger partial charge in [0.25, 0.3) is 5.91 Å². The summed E-state index contributed by atoms with van der Waals surface area (Å²) >= 11 is 7.05. The number of rotatable bonds is 4. The average molecular weight is 432 g/mol. The number of hydrogen-bond donors (Lipinski definition) is 1. The van der Waals surface area contributed by atoms with Crippen molar-refractivity contribution in [3.63, 3.8) is 0 Å². The van der Waals surface area contributed by atoms with Crippen LogP contribution >= 0.6 is 22.9 Å². The molecular weight excluding hydrogens is 415 g/mol. The van der Waals surface area contributed by atoms with Crippen LogP contribution in [0.5, 0.6) is 0 Å². The number of hydrogen-bond acceptors (Lipinski definition) is 4. The molecule has 1 aliphatic rings. The van der Waals surface area contributed by atoms with Gasteiger partial charge in [0, 0.05) is 15.9 Å². The molecule has 1 aromatic carbocycles. The van der Waals surface area contributed by atoms with Gasteiger partial charge >= 0.3 is 12.1 Å². The Bertz CT molecular complexity index is 910. The summed E-state index contributed by atoms with van der Waals surface area (Å²) in [5.41, 5.74) is 0.300. The number of halogens is 4. The second-order valence-electron chi connectivity index (χ2n) is 6.72. The highest BCUT2D eigenvalue weighted by atomic mass is 35.5. The Hall–Kier alpha value is -2.06. The Labute approximate surface area is 168 Å². The number of thiophene rings is 1. The minimum atomic E-state index is -4.64. The smallest absolute Gasteiger partial charge is 0.417 e. The van der Waals surface area contributed by atoms with E-state index in [0.717, 1.165) is 41.8 Å². The molecular formula is C19H17ClF3NO3S. The molecule has 2 aromatic rings. The first-order chi connectivity index (χ1) is 13.1. The van der Waals surface area contributed by atoms with Crippen LogP contribution in [0.1, 0.15) is 39.7 Å². The highest BCUT2D eigenvalue weighted by Crippen LogP contribution is 2.36. The van der Waals surface area contributed by atoms with E-state index in [1.54, 1.807) is 5.38 Å². The molecule has 1 amide bonds. The van der Waals surface area contributed by atoms with Gasteiger partial charge in [0.05, 0.1) is 16.1 Å². The van der Waals surface area contributed by atoms with Crippen molar-refractivity contribution in [1.82, 2.24) is 0 Å². The predicted molar refractivity (Wildman–Crippen MR) is 101 cm³/mol. The van der Waals surface area contributed by atoms with Gasteiger partial charge in [-0.05, 0) is 48.9 Å². The highest BCUT2D eigenvalue weighted by molar-refractivity contribution is 7.10. The Morgan fingerprint density at radius 1 is 1.36 bits per heavy atom. The molecule has 0 bridgehead atoms. The maximum absolute atomic E-state index is 12.9. The van der Waals surface area contributed by atoms with Crippen LogP contribution in [0.3, 0.4) is 0 Å². The lowest BCUT2D eigenvalue weighted by Gasteiger charge is -2.18. The maximum atomic E-state index is 12.9. The fourth-order valence-corrected chi connectivity index (χ4v) is 4.53. The quantitative estimate of drug-likeness (QED) is 0.665. The van der Waals surface area contributed by atoms with E-state index in [0.29, 0.717) is 11.5 Å². The largest absolute Gasteiger partial charge is 0.452 e. The van der Waals surface area contributed by atoms with Crippen molar-refractivity contribution < 1.29 is 27.5 Å². The van der Waals surface area contributed by atoms with Crippen molar-refractivity contribution in [3.8, 4) is 0 Å². The lowest BCUT2D eigenvalue weighted by molar-refractivity contribution is -0.137. The fraction of sp³-hybridized carbons (Fsp3) is 0.368. The highest BCUT2D eigenvalue weighted by Gasteiger charge is 2.33. The standard InChI is InChI=1S/C19H17ClF3NO3S/c1-10-2-4-12-13(9-28-16(12)6-10)18(26)27-8-17(25)24-11-3-5-15(20)14(7-11)19(21,22)23/h3,5,7,9-10H,2,4,6,8H2,1H3,(H,24,25)/t10-/m1/s1. The second kappa shape index (κ2) is 8.13. The zero-order chi connectivity index (χ0) is 20.5. The molecule has 0 spiro atoms. The van der Waals surface area contributed by atoms with Gasteiger partial charge in [0.1, 0.15) is 0 Å².